The molecule has 0 aromatic heterocycles. The summed E-state index contributed by atoms with van der Waals surface area (Å²) in [7, 11) is 0. The number of rotatable bonds is 9. The molecule has 0 spiro atoms. The van der Waals surface area contributed by atoms with Crippen molar-refractivity contribution in [1.82, 2.24) is 0 Å². The van der Waals surface area contributed by atoms with Gasteiger partial charge in [-0.2, -0.15) is 0 Å². The molecule has 0 aliphatic rings. The van der Waals surface area contributed by atoms with Gasteiger partial charge in [0, 0.05) is 18.6 Å². The summed E-state index contributed by atoms with van der Waals surface area (Å²) < 4.78 is 5.46. The molecule has 0 aromatic carbocycles. The molecule has 16 heavy (non-hydrogen) atoms. The second kappa shape index (κ2) is 8.39. The summed E-state index contributed by atoms with van der Waals surface area (Å²) in [5.74, 6) is 0.305. The van der Waals surface area contributed by atoms with Crippen LogP contribution in [0.15, 0.2) is 5.16 Å². The summed E-state index contributed by atoms with van der Waals surface area (Å²) in [5, 5.41) is 11.7. The van der Waals surface area contributed by atoms with Crippen molar-refractivity contribution in [2.75, 3.05) is 13.2 Å². The summed E-state index contributed by atoms with van der Waals surface area (Å²) in [6, 6.07) is 0. The monoisotopic (exact) mass is 230 g/mol. The maximum absolute atomic E-state index is 8.61. The third kappa shape index (κ3) is 6.67. The Morgan fingerprint density at radius 3 is 2.44 bits per heavy atom. The van der Waals surface area contributed by atoms with E-state index in [1.165, 1.54) is 6.42 Å². The van der Waals surface area contributed by atoms with Crippen molar-refractivity contribution in [1.29, 1.82) is 0 Å². The van der Waals surface area contributed by atoms with Gasteiger partial charge in [-0.3, -0.25) is 0 Å². The second-order valence-electron chi connectivity index (χ2n) is 4.79. The van der Waals surface area contributed by atoms with Gasteiger partial charge in [0.1, 0.15) is 5.84 Å². The Morgan fingerprint density at radius 2 is 1.88 bits per heavy atom. The maximum Gasteiger partial charge on any atom is 0.144 e. The fourth-order valence-electron chi connectivity index (χ4n) is 1.38. The highest BCUT2D eigenvalue weighted by atomic mass is 16.5. The van der Waals surface area contributed by atoms with Gasteiger partial charge in [0.15, 0.2) is 0 Å². The standard InChI is InChI=1S/C12H26N2O2/c1-4-5-9-16-10-7-6-8-12(2,3)11(13)14-15/h15H,4-10H2,1-3H3,(H2,13,14). The molecule has 0 atom stereocenters. The highest BCUT2D eigenvalue weighted by Crippen LogP contribution is 2.23. The Labute approximate surface area is 98.9 Å². The minimum Gasteiger partial charge on any atom is -0.409 e. The Balaban J connectivity index is 3.51. The minimum absolute atomic E-state index is 0.224. The van der Waals surface area contributed by atoms with Crippen LogP contribution >= 0.6 is 0 Å². The van der Waals surface area contributed by atoms with Crippen molar-refractivity contribution in [2.45, 2.75) is 52.9 Å². The number of oxime groups is 1. The van der Waals surface area contributed by atoms with E-state index in [2.05, 4.69) is 12.1 Å². The molecule has 0 bridgehead atoms. The molecule has 0 aliphatic carbocycles. The van der Waals surface area contributed by atoms with E-state index in [0.717, 1.165) is 38.9 Å². The van der Waals surface area contributed by atoms with Crippen LogP contribution in [0.4, 0.5) is 0 Å². The molecule has 0 aromatic rings. The van der Waals surface area contributed by atoms with Crippen LogP contribution in [0.1, 0.15) is 52.9 Å². The highest BCUT2D eigenvalue weighted by Gasteiger charge is 2.22. The zero-order valence-corrected chi connectivity index (χ0v) is 10.8. The normalized spacial score (nSPS) is 13.1. The fraction of sp³-hybridized carbons (Fsp3) is 0.917. The zero-order chi connectivity index (χ0) is 12.4. The molecule has 0 fully saturated rings. The molecule has 0 rings (SSSR count). The predicted molar refractivity (Wildman–Crippen MR) is 66.8 cm³/mol. The van der Waals surface area contributed by atoms with Gasteiger partial charge in [0.05, 0.1) is 0 Å². The van der Waals surface area contributed by atoms with Crippen molar-refractivity contribution in [3.63, 3.8) is 0 Å². The number of unbranched alkanes of at least 4 members (excludes halogenated alkanes) is 2. The second-order valence-corrected chi connectivity index (χ2v) is 4.79. The number of hydrogen-bond donors (Lipinski definition) is 2. The minimum atomic E-state index is -0.224. The summed E-state index contributed by atoms with van der Waals surface area (Å²) in [6.07, 6.45) is 5.30. The largest absolute Gasteiger partial charge is 0.409 e. The lowest BCUT2D eigenvalue weighted by molar-refractivity contribution is 0.125. The average Bonchev–Trinajstić information content (AvgIpc) is 2.26. The Morgan fingerprint density at radius 1 is 1.25 bits per heavy atom. The number of nitrogens with zero attached hydrogens (tertiary/aromatic N) is 1. The maximum atomic E-state index is 8.61. The van der Waals surface area contributed by atoms with E-state index in [4.69, 9.17) is 15.7 Å². The smallest absolute Gasteiger partial charge is 0.144 e. The molecule has 0 aliphatic heterocycles. The van der Waals surface area contributed by atoms with E-state index in [-0.39, 0.29) is 5.41 Å². The number of hydrogen-bond acceptors (Lipinski definition) is 3. The lowest BCUT2D eigenvalue weighted by atomic mass is 9.86. The van der Waals surface area contributed by atoms with E-state index in [9.17, 15) is 0 Å². The zero-order valence-electron chi connectivity index (χ0n) is 10.8. The highest BCUT2D eigenvalue weighted by molar-refractivity contribution is 5.85. The number of nitrogens with two attached hydrogens (primary N) is 1. The summed E-state index contributed by atoms with van der Waals surface area (Å²) in [5.41, 5.74) is 5.38. The Hall–Kier alpha value is -0.770. The molecule has 0 radical (unpaired) electrons. The molecular weight excluding hydrogens is 204 g/mol. The lowest BCUT2D eigenvalue weighted by Gasteiger charge is -2.22. The van der Waals surface area contributed by atoms with Crippen LogP contribution in [0.2, 0.25) is 0 Å². The molecule has 0 amide bonds. The van der Waals surface area contributed by atoms with E-state index < -0.39 is 0 Å². The van der Waals surface area contributed by atoms with Crippen LogP contribution in [0.5, 0.6) is 0 Å². The van der Waals surface area contributed by atoms with Gasteiger partial charge in [-0.25, -0.2) is 0 Å². The summed E-state index contributed by atoms with van der Waals surface area (Å²) in [4.78, 5) is 0. The van der Waals surface area contributed by atoms with Gasteiger partial charge in [0.25, 0.3) is 0 Å². The third-order valence-corrected chi connectivity index (χ3v) is 2.78. The first-order valence-corrected chi connectivity index (χ1v) is 6.10. The van der Waals surface area contributed by atoms with E-state index in [1.807, 2.05) is 13.8 Å². The average molecular weight is 230 g/mol. The molecule has 96 valence electrons. The molecule has 4 heteroatoms. The van der Waals surface area contributed by atoms with Crippen LogP contribution in [0, 0.1) is 5.41 Å². The molecule has 0 saturated heterocycles. The van der Waals surface area contributed by atoms with Gasteiger partial charge in [-0.1, -0.05) is 38.8 Å². The van der Waals surface area contributed by atoms with Crippen molar-refractivity contribution < 1.29 is 9.94 Å². The molecule has 0 saturated carbocycles. The van der Waals surface area contributed by atoms with Crippen molar-refractivity contribution in [3.05, 3.63) is 0 Å². The van der Waals surface area contributed by atoms with E-state index in [0.29, 0.717) is 5.84 Å². The first-order chi connectivity index (χ1) is 7.54. The first-order valence-electron chi connectivity index (χ1n) is 6.10. The van der Waals surface area contributed by atoms with E-state index in [1.54, 1.807) is 0 Å². The Kier molecular flexibility index (Phi) is 7.99. The number of amidine groups is 1. The number of ether oxygens (including phenoxy) is 1. The fourth-order valence-corrected chi connectivity index (χ4v) is 1.38. The molecular formula is C12H26N2O2. The SMILES string of the molecule is CCCCOCCCCC(C)(C)C(N)=NO. The molecule has 3 N–H and O–H groups in total. The van der Waals surface area contributed by atoms with Gasteiger partial charge < -0.3 is 15.7 Å². The first kappa shape index (κ1) is 15.2. The van der Waals surface area contributed by atoms with Crippen LogP contribution < -0.4 is 5.73 Å². The summed E-state index contributed by atoms with van der Waals surface area (Å²) >= 11 is 0. The van der Waals surface area contributed by atoms with Crippen LogP contribution in [-0.4, -0.2) is 24.3 Å². The third-order valence-electron chi connectivity index (χ3n) is 2.78. The van der Waals surface area contributed by atoms with Gasteiger partial charge in [-0.05, 0) is 19.3 Å². The van der Waals surface area contributed by atoms with Crippen LogP contribution in [0.3, 0.4) is 0 Å². The van der Waals surface area contributed by atoms with Crippen molar-refractivity contribution >= 4 is 5.84 Å². The molecule has 4 nitrogen and oxygen atoms in total. The molecule has 0 heterocycles. The van der Waals surface area contributed by atoms with Gasteiger partial charge in [0.2, 0.25) is 0 Å². The van der Waals surface area contributed by atoms with Gasteiger partial charge in [-0.15, -0.1) is 0 Å². The van der Waals surface area contributed by atoms with E-state index >= 15 is 0 Å². The van der Waals surface area contributed by atoms with Crippen LogP contribution in [0.25, 0.3) is 0 Å². The van der Waals surface area contributed by atoms with Gasteiger partial charge >= 0.3 is 0 Å². The topological polar surface area (TPSA) is 67.8 Å². The van der Waals surface area contributed by atoms with Crippen molar-refractivity contribution in [2.24, 2.45) is 16.3 Å². The predicted octanol–water partition coefficient (Wildman–Crippen LogP) is 2.75. The Bertz CT molecular complexity index is 203. The quantitative estimate of drug-likeness (QED) is 0.210. The van der Waals surface area contributed by atoms with Crippen molar-refractivity contribution in [3.8, 4) is 0 Å². The summed E-state index contributed by atoms with van der Waals surface area (Å²) in [6.45, 7) is 7.80. The lowest BCUT2D eigenvalue weighted by Crippen LogP contribution is -2.31. The molecule has 0 unspecified atom stereocenters. The van der Waals surface area contributed by atoms with Crippen LogP contribution in [-0.2, 0) is 4.74 Å².